The second-order valence-corrected chi connectivity index (χ2v) is 5.02. The first kappa shape index (κ1) is 12.7. The summed E-state index contributed by atoms with van der Waals surface area (Å²) in [5.74, 6) is -0.248. The Balaban J connectivity index is 2.10. The van der Waals surface area contributed by atoms with E-state index in [-0.39, 0.29) is 11.7 Å². The number of nitrogens with zero attached hydrogens (tertiary/aromatic N) is 1. The van der Waals surface area contributed by atoms with Crippen molar-refractivity contribution in [1.82, 2.24) is 0 Å². The van der Waals surface area contributed by atoms with Gasteiger partial charge in [0.1, 0.15) is 5.82 Å². The molecule has 2 aromatic carbocycles. The summed E-state index contributed by atoms with van der Waals surface area (Å²) in [5, 5.41) is 3.06. The predicted molar refractivity (Wildman–Crippen MR) is 78.5 cm³/mol. The van der Waals surface area contributed by atoms with Crippen LogP contribution in [-0.2, 0) is 4.79 Å². The second kappa shape index (κ2) is 4.63. The van der Waals surface area contributed by atoms with Crippen LogP contribution in [0.15, 0.2) is 36.4 Å². The molecule has 4 heteroatoms. The molecule has 0 radical (unpaired) electrons. The summed E-state index contributed by atoms with van der Waals surface area (Å²) in [5.41, 5.74) is 3.87. The molecule has 0 fully saturated rings. The molecule has 0 aromatic heterocycles. The van der Waals surface area contributed by atoms with E-state index in [4.69, 9.17) is 0 Å². The number of hydrogen-bond donors (Lipinski definition) is 1. The molecular formula is C16H15FN2O. The average molecular weight is 270 g/mol. The minimum Gasteiger partial charge on any atom is -0.374 e. The molecule has 3 rings (SSSR count). The lowest BCUT2D eigenvalue weighted by molar-refractivity contribution is -0.116. The molecule has 1 aliphatic rings. The summed E-state index contributed by atoms with van der Waals surface area (Å²) >= 11 is 0. The molecule has 102 valence electrons. The van der Waals surface area contributed by atoms with Gasteiger partial charge in [0.15, 0.2) is 0 Å². The average Bonchev–Trinajstić information content (AvgIpc) is 2.43. The van der Waals surface area contributed by atoms with E-state index in [0.717, 1.165) is 22.5 Å². The summed E-state index contributed by atoms with van der Waals surface area (Å²) in [4.78, 5) is 13.3. The number of nitrogens with one attached hydrogen (secondary N) is 1. The number of likely N-dealkylation sites (N-methyl/N-ethyl adjacent to an activating group) is 1. The highest BCUT2D eigenvalue weighted by Crippen LogP contribution is 2.34. The molecule has 0 saturated heterocycles. The van der Waals surface area contributed by atoms with E-state index >= 15 is 0 Å². The summed E-state index contributed by atoms with van der Waals surface area (Å²) < 4.78 is 14.0. The Morgan fingerprint density at radius 1 is 1.20 bits per heavy atom. The number of anilines is 2. The summed E-state index contributed by atoms with van der Waals surface area (Å²) in [6.45, 7) is 2.15. The van der Waals surface area contributed by atoms with Gasteiger partial charge in [-0.15, -0.1) is 0 Å². The standard InChI is InChI=1S/C16H15FN2O/c1-10-3-5-12(13(17)7-10)11-4-6-14-15(8-11)19(2)16(20)9-18-14/h3-8,18H,9H2,1-2H3. The minimum atomic E-state index is -0.248. The van der Waals surface area contributed by atoms with Crippen LogP contribution in [0.4, 0.5) is 15.8 Å². The lowest BCUT2D eigenvalue weighted by Gasteiger charge is -2.27. The molecule has 1 amide bonds. The van der Waals surface area contributed by atoms with Crippen molar-refractivity contribution in [2.45, 2.75) is 6.92 Å². The molecule has 0 unspecified atom stereocenters. The molecule has 3 nitrogen and oxygen atoms in total. The first-order chi connectivity index (χ1) is 9.56. The van der Waals surface area contributed by atoms with Gasteiger partial charge in [-0.2, -0.15) is 0 Å². The van der Waals surface area contributed by atoms with Crippen LogP contribution in [0.2, 0.25) is 0 Å². The monoisotopic (exact) mass is 270 g/mol. The Kier molecular flexibility index (Phi) is 2.93. The summed E-state index contributed by atoms with van der Waals surface area (Å²) in [6.07, 6.45) is 0. The van der Waals surface area contributed by atoms with E-state index in [9.17, 15) is 9.18 Å². The maximum atomic E-state index is 14.0. The molecule has 0 saturated carbocycles. The topological polar surface area (TPSA) is 32.3 Å². The van der Waals surface area contributed by atoms with Crippen LogP contribution in [0, 0.1) is 12.7 Å². The van der Waals surface area contributed by atoms with Gasteiger partial charge in [-0.05, 0) is 36.2 Å². The number of aryl methyl sites for hydroxylation is 1. The zero-order chi connectivity index (χ0) is 14.3. The van der Waals surface area contributed by atoms with Gasteiger partial charge in [0.2, 0.25) is 5.91 Å². The fourth-order valence-electron chi connectivity index (χ4n) is 2.40. The van der Waals surface area contributed by atoms with Gasteiger partial charge in [0, 0.05) is 12.6 Å². The molecule has 0 spiro atoms. The molecule has 0 aliphatic carbocycles. The fourth-order valence-corrected chi connectivity index (χ4v) is 2.40. The number of carbonyl (C=O) groups excluding carboxylic acids is 1. The third kappa shape index (κ3) is 2.03. The van der Waals surface area contributed by atoms with E-state index in [1.165, 1.54) is 6.07 Å². The van der Waals surface area contributed by atoms with Crippen LogP contribution in [0.1, 0.15) is 5.56 Å². The fraction of sp³-hybridized carbons (Fsp3) is 0.188. The van der Waals surface area contributed by atoms with Gasteiger partial charge >= 0.3 is 0 Å². The van der Waals surface area contributed by atoms with Gasteiger partial charge in [0.25, 0.3) is 0 Å². The van der Waals surface area contributed by atoms with Crippen molar-refractivity contribution in [2.75, 3.05) is 23.8 Å². The summed E-state index contributed by atoms with van der Waals surface area (Å²) in [6, 6.07) is 10.8. The van der Waals surface area contributed by atoms with Crippen LogP contribution < -0.4 is 10.2 Å². The normalized spacial score (nSPS) is 13.9. The molecule has 2 aromatic rings. The van der Waals surface area contributed by atoms with Crippen LogP contribution >= 0.6 is 0 Å². The number of rotatable bonds is 1. The highest BCUT2D eigenvalue weighted by molar-refractivity contribution is 6.03. The van der Waals surface area contributed by atoms with Gasteiger partial charge in [-0.25, -0.2) is 4.39 Å². The largest absolute Gasteiger partial charge is 0.374 e. The minimum absolute atomic E-state index is 0.000900. The molecule has 1 aliphatic heterocycles. The Bertz CT molecular complexity index is 697. The van der Waals surface area contributed by atoms with Crippen LogP contribution in [0.3, 0.4) is 0 Å². The number of fused-ring (bicyclic) bond motifs is 1. The molecule has 1 N–H and O–H groups in total. The third-order valence-electron chi connectivity index (χ3n) is 3.60. The Labute approximate surface area is 117 Å². The first-order valence-electron chi connectivity index (χ1n) is 6.47. The summed E-state index contributed by atoms with van der Waals surface area (Å²) in [7, 11) is 1.73. The SMILES string of the molecule is Cc1ccc(-c2ccc3c(c2)N(C)C(=O)CN3)c(F)c1. The van der Waals surface area contributed by atoms with Crippen LogP contribution in [-0.4, -0.2) is 19.5 Å². The van der Waals surface area contributed by atoms with Crippen molar-refractivity contribution in [3.63, 3.8) is 0 Å². The Hall–Kier alpha value is -2.36. The van der Waals surface area contributed by atoms with E-state index in [1.807, 2.05) is 31.2 Å². The van der Waals surface area contributed by atoms with Crippen molar-refractivity contribution in [3.8, 4) is 11.1 Å². The van der Waals surface area contributed by atoms with E-state index < -0.39 is 0 Å². The molecule has 1 heterocycles. The highest BCUT2D eigenvalue weighted by Gasteiger charge is 2.21. The molecule has 0 bridgehead atoms. The zero-order valence-electron chi connectivity index (χ0n) is 11.4. The van der Waals surface area contributed by atoms with Crippen LogP contribution in [0.25, 0.3) is 11.1 Å². The van der Waals surface area contributed by atoms with Gasteiger partial charge in [0.05, 0.1) is 17.9 Å². The third-order valence-corrected chi connectivity index (χ3v) is 3.60. The predicted octanol–water partition coefficient (Wildman–Crippen LogP) is 3.19. The smallest absolute Gasteiger partial charge is 0.246 e. The lowest BCUT2D eigenvalue weighted by Crippen LogP contribution is -2.36. The van der Waals surface area contributed by atoms with Crippen LogP contribution in [0.5, 0.6) is 0 Å². The quantitative estimate of drug-likeness (QED) is 0.863. The van der Waals surface area contributed by atoms with Crippen molar-refractivity contribution in [1.29, 1.82) is 0 Å². The van der Waals surface area contributed by atoms with Crippen molar-refractivity contribution < 1.29 is 9.18 Å². The van der Waals surface area contributed by atoms with E-state index in [0.29, 0.717) is 12.1 Å². The van der Waals surface area contributed by atoms with E-state index in [1.54, 1.807) is 18.0 Å². The highest BCUT2D eigenvalue weighted by atomic mass is 19.1. The van der Waals surface area contributed by atoms with Gasteiger partial charge in [-0.1, -0.05) is 18.2 Å². The maximum absolute atomic E-state index is 14.0. The number of halogens is 1. The van der Waals surface area contributed by atoms with Gasteiger partial charge < -0.3 is 10.2 Å². The Morgan fingerprint density at radius 2 is 2.00 bits per heavy atom. The van der Waals surface area contributed by atoms with Crippen molar-refractivity contribution in [3.05, 3.63) is 47.8 Å². The van der Waals surface area contributed by atoms with Crippen molar-refractivity contribution >= 4 is 17.3 Å². The first-order valence-corrected chi connectivity index (χ1v) is 6.47. The maximum Gasteiger partial charge on any atom is 0.246 e. The number of hydrogen-bond acceptors (Lipinski definition) is 2. The number of carbonyl (C=O) groups is 1. The number of amides is 1. The number of benzene rings is 2. The van der Waals surface area contributed by atoms with E-state index in [2.05, 4.69) is 5.32 Å². The molecular weight excluding hydrogens is 255 g/mol. The second-order valence-electron chi connectivity index (χ2n) is 5.02. The lowest BCUT2D eigenvalue weighted by atomic mass is 10.0. The molecule has 0 atom stereocenters. The zero-order valence-corrected chi connectivity index (χ0v) is 11.4. The molecule has 20 heavy (non-hydrogen) atoms. The van der Waals surface area contributed by atoms with Gasteiger partial charge in [-0.3, -0.25) is 4.79 Å². The Morgan fingerprint density at radius 3 is 2.75 bits per heavy atom. The van der Waals surface area contributed by atoms with Crippen molar-refractivity contribution in [2.24, 2.45) is 0 Å².